The van der Waals surface area contributed by atoms with Crippen molar-refractivity contribution in [2.75, 3.05) is 0 Å². The van der Waals surface area contributed by atoms with Crippen molar-refractivity contribution < 1.29 is 0 Å². The Morgan fingerprint density at radius 1 is 0.397 bits per heavy atom. The summed E-state index contributed by atoms with van der Waals surface area (Å²) in [5, 5.41) is 28.3. The van der Waals surface area contributed by atoms with E-state index in [1.54, 1.807) is 33.9 Å². The maximum atomic E-state index is 11.7. The Morgan fingerprint density at radius 3 is 1.16 bits per heavy atom. The Hall–Kier alpha value is -9.43. The third kappa shape index (κ3) is 5.09. The molecule has 10 nitrogen and oxygen atoms in total. The van der Waals surface area contributed by atoms with Gasteiger partial charge in [-0.1, -0.05) is 72.8 Å². The first-order valence-electron chi connectivity index (χ1n) is 20.2. The first-order chi connectivity index (χ1) is 31.2. The molecule has 0 aliphatic rings. The molecule has 0 unspecified atom stereocenters. The fraction of sp³-hybridized carbons (Fsp3) is 0. The second kappa shape index (κ2) is 13.8. The predicted octanol–water partition coefficient (Wildman–Crippen LogP) is 12.2. The molecule has 10 heteroatoms. The van der Waals surface area contributed by atoms with Crippen LogP contribution in [0.3, 0.4) is 0 Å². The molecule has 0 fully saturated rings. The molecule has 0 atom stereocenters. The van der Waals surface area contributed by atoms with Gasteiger partial charge in [-0.25, -0.2) is 24.8 Å². The van der Waals surface area contributed by atoms with E-state index in [9.17, 15) is 10.5 Å². The van der Waals surface area contributed by atoms with Crippen LogP contribution in [0.25, 0.3) is 110 Å². The molecule has 0 spiro atoms. The topological polar surface area (TPSA) is 118 Å². The Kier molecular flexibility index (Phi) is 7.79. The third-order valence-electron chi connectivity index (χ3n) is 12.0. The minimum absolute atomic E-state index is 0.0741. The fourth-order valence-electron chi connectivity index (χ4n) is 9.33. The zero-order valence-electron chi connectivity index (χ0n) is 33.1. The smallest absolute Gasteiger partial charge is 0.236 e. The molecule has 0 bridgehead atoms. The van der Waals surface area contributed by atoms with E-state index < -0.39 is 0 Å². The van der Waals surface area contributed by atoms with Gasteiger partial charge in [-0.3, -0.25) is 9.13 Å². The largest absolute Gasteiger partial charge is 0.318 e. The summed E-state index contributed by atoms with van der Waals surface area (Å²) in [5.41, 5.74) is 8.78. The number of aromatic nitrogens is 7. The molecular weight excluding hydrogens is 777 g/mol. The molecule has 5 aromatic carbocycles. The van der Waals surface area contributed by atoms with Crippen molar-refractivity contribution in [1.29, 1.82) is 10.5 Å². The Bertz CT molecular complexity index is 3650. The Morgan fingerprint density at radius 2 is 0.778 bits per heavy atom. The molecule has 0 aliphatic heterocycles. The van der Waals surface area contributed by atoms with Crippen LogP contribution in [0.1, 0.15) is 11.1 Å². The second-order valence-corrected chi connectivity index (χ2v) is 15.2. The highest BCUT2D eigenvalue weighted by atomic mass is 15.1. The minimum atomic E-state index is 0.0741. The van der Waals surface area contributed by atoms with E-state index in [2.05, 4.69) is 77.6 Å². The summed E-state index contributed by atoms with van der Waals surface area (Å²) >= 11 is 0. The van der Waals surface area contributed by atoms with E-state index in [0.717, 1.165) is 65.6 Å². The summed E-state index contributed by atoms with van der Waals surface area (Å²) in [7, 11) is 0. The first-order valence-corrected chi connectivity index (χ1v) is 20.2. The minimum Gasteiger partial charge on any atom is -0.318 e. The summed E-state index contributed by atoms with van der Waals surface area (Å²) < 4.78 is 5.61. The van der Waals surface area contributed by atoms with E-state index in [1.165, 1.54) is 0 Å². The summed E-state index contributed by atoms with van der Waals surface area (Å²) in [4.78, 5) is 23.7. The molecule has 0 saturated heterocycles. The highest BCUT2D eigenvalue weighted by molar-refractivity contribution is 6.14. The molecule has 63 heavy (non-hydrogen) atoms. The molecule has 12 rings (SSSR count). The van der Waals surface area contributed by atoms with E-state index in [-0.39, 0.29) is 28.2 Å². The van der Waals surface area contributed by atoms with Gasteiger partial charge in [0, 0.05) is 57.1 Å². The molecule has 7 heterocycles. The highest BCUT2D eigenvalue weighted by Gasteiger charge is 2.33. The molecule has 0 aliphatic carbocycles. The highest BCUT2D eigenvalue weighted by Crippen LogP contribution is 2.48. The van der Waals surface area contributed by atoms with Crippen LogP contribution in [-0.4, -0.2) is 33.6 Å². The molecular formula is C53H28N10. The van der Waals surface area contributed by atoms with Crippen molar-refractivity contribution >= 4 is 71.6 Å². The molecule has 0 N–H and O–H groups in total. The van der Waals surface area contributed by atoms with Crippen LogP contribution in [0.4, 0.5) is 5.69 Å². The van der Waals surface area contributed by atoms with Crippen LogP contribution in [0, 0.1) is 29.2 Å². The van der Waals surface area contributed by atoms with Gasteiger partial charge in [0.2, 0.25) is 5.69 Å². The van der Waals surface area contributed by atoms with Crippen molar-refractivity contribution in [3.8, 4) is 51.5 Å². The fourth-order valence-corrected chi connectivity index (χ4v) is 9.33. The van der Waals surface area contributed by atoms with Gasteiger partial charge in [0.1, 0.15) is 34.7 Å². The normalized spacial score (nSPS) is 11.4. The van der Waals surface area contributed by atoms with Gasteiger partial charge >= 0.3 is 0 Å². The third-order valence-corrected chi connectivity index (χ3v) is 12.0. The zero-order valence-corrected chi connectivity index (χ0v) is 33.1. The van der Waals surface area contributed by atoms with Crippen LogP contribution in [-0.2, 0) is 0 Å². The van der Waals surface area contributed by atoms with Crippen molar-refractivity contribution in [1.82, 2.24) is 33.6 Å². The monoisotopic (exact) mass is 804 g/mol. The number of rotatable bonds is 5. The lowest BCUT2D eigenvalue weighted by Gasteiger charge is -2.22. The van der Waals surface area contributed by atoms with Crippen molar-refractivity contribution in [2.45, 2.75) is 0 Å². The van der Waals surface area contributed by atoms with Gasteiger partial charge in [-0.05, 0) is 95.1 Å². The first kappa shape index (κ1) is 35.5. The van der Waals surface area contributed by atoms with Crippen molar-refractivity contribution in [3.63, 3.8) is 0 Å². The number of hydrogen-bond acceptors (Lipinski definition) is 6. The summed E-state index contributed by atoms with van der Waals surface area (Å²) in [6.45, 7) is 9.11. The number of nitriles is 2. The Labute approximate surface area is 358 Å². The molecule has 0 radical (unpaired) electrons. The maximum absolute atomic E-state index is 11.7. The van der Waals surface area contributed by atoms with E-state index in [0.29, 0.717) is 28.3 Å². The summed E-state index contributed by atoms with van der Waals surface area (Å²) in [5.74, 6) is 0. The van der Waals surface area contributed by atoms with Crippen molar-refractivity contribution in [3.05, 3.63) is 193 Å². The number of hydrogen-bond donors (Lipinski definition) is 0. The van der Waals surface area contributed by atoms with Crippen LogP contribution in [0.2, 0.25) is 0 Å². The van der Waals surface area contributed by atoms with E-state index >= 15 is 0 Å². The average Bonchev–Trinajstić information content (AvgIpc) is 3.98. The predicted molar refractivity (Wildman–Crippen MR) is 247 cm³/mol. The lowest BCUT2D eigenvalue weighted by Crippen LogP contribution is -2.12. The van der Waals surface area contributed by atoms with Crippen molar-refractivity contribution in [2.24, 2.45) is 0 Å². The van der Waals surface area contributed by atoms with Gasteiger partial charge < -0.3 is 4.57 Å². The average molecular weight is 805 g/mol. The van der Waals surface area contributed by atoms with Gasteiger partial charge in [0.25, 0.3) is 0 Å². The standard InChI is InChI=1S/C53H28N10/c1-56-46-48(61-44-22-20-34(32-12-4-2-5-13-32)28-40(44)41-29-35(21-23-45(41)61)33-14-6-3-7-15-33)42(30-54)47(62-50-36(16-8-24-57-50)37-17-9-25-58-51(37)62)43(31-55)49(46)63-52-38(18-10-26-59-52)39-19-11-27-60-53(39)63/h2-29H. The van der Waals surface area contributed by atoms with Crippen LogP contribution >= 0.6 is 0 Å². The van der Waals surface area contributed by atoms with Crippen LogP contribution < -0.4 is 0 Å². The summed E-state index contributed by atoms with van der Waals surface area (Å²) in [6.07, 6.45) is 6.76. The lowest BCUT2D eigenvalue weighted by molar-refractivity contribution is 1.04. The van der Waals surface area contributed by atoms with Gasteiger partial charge in [0.15, 0.2) is 0 Å². The molecule has 0 saturated carbocycles. The second-order valence-electron chi connectivity index (χ2n) is 15.2. The van der Waals surface area contributed by atoms with Gasteiger partial charge in [-0.2, -0.15) is 10.5 Å². The summed E-state index contributed by atoms with van der Waals surface area (Å²) in [6, 6.07) is 53.3. The lowest BCUT2D eigenvalue weighted by atomic mass is 9.99. The number of pyridine rings is 4. The van der Waals surface area contributed by atoms with Gasteiger partial charge in [0.05, 0.1) is 45.8 Å². The number of nitrogens with zero attached hydrogens (tertiary/aromatic N) is 10. The molecule has 0 amide bonds. The molecule has 7 aromatic heterocycles. The molecule has 290 valence electrons. The molecule has 12 aromatic rings. The van der Waals surface area contributed by atoms with E-state index in [4.69, 9.17) is 26.5 Å². The van der Waals surface area contributed by atoms with Gasteiger partial charge in [-0.15, -0.1) is 0 Å². The van der Waals surface area contributed by atoms with E-state index in [1.807, 2.05) is 89.5 Å². The SMILES string of the molecule is [C-]#[N+]c1c(-n2c3ccc(-c4ccccc4)cc3c3cc(-c4ccccc4)ccc32)c(C#N)c(-n2c3ncccc3c3cccnc32)c(C#N)c1-n1c2ncccc2c2cccnc21. The quantitative estimate of drug-likeness (QED) is 0.160. The number of benzene rings is 5. The van der Waals surface area contributed by atoms with Crippen LogP contribution in [0.15, 0.2) is 170 Å². The zero-order chi connectivity index (χ0) is 42.2. The van der Waals surface area contributed by atoms with Crippen LogP contribution in [0.5, 0.6) is 0 Å². The number of fused-ring (bicyclic) bond motifs is 9. The maximum Gasteiger partial charge on any atom is 0.236 e. The Balaban J connectivity index is 1.32.